The number of amides is 1. The van der Waals surface area contributed by atoms with Crippen molar-refractivity contribution >= 4 is 27.7 Å². The number of halogens is 1. The number of piperidine rings is 3. The van der Waals surface area contributed by atoms with Crippen LogP contribution < -0.4 is 0 Å². The first-order valence-corrected chi connectivity index (χ1v) is 16.7. The highest BCUT2D eigenvalue weighted by molar-refractivity contribution is 7.89. The van der Waals surface area contributed by atoms with E-state index in [9.17, 15) is 13.2 Å². The van der Waals surface area contributed by atoms with Crippen LogP contribution in [-0.2, 0) is 14.8 Å². The van der Waals surface area contributed by atoms with E-state index in [0.717, 1.165) is 51.4 Å². The minimum Gasteiger partial charge on any atom is -0.448 e. The van der Waals surface area contributed by atoms with Gasteiger partial charge >= 0.3 is 6.09 Å². The molecule has 3 aliphatic heterocycles. The van der Waals surface area contributed by atoms with Crippen molar-refractivity contribution in [1.29, 1.82) is 0 Å². The van der Waals surface area contributed by atoms with Gasteiger partial charge in [0.25, 0.3) is 0 Å². The Labute approximate surface area is 233 Å². The van der Waals surface area contributed by atoms with Gasteiger partial charge in [-0.15, -0.1) is 0 Å². The lowest BCUT2D eigenvalue weighted by Gasteiger charge is -2.45. The van der Waals surface area contributed by atoms with Crippen LogP contribution in [0.5, 0.6) is 0 Å². The van der Waals surface area contributed by atoms with E-state index in [-0.39, 0.29) is 29.7 Å². The van der Waals surface area contributed by atoms with Crippen molar-refractivity contribution in [3.05, 3.63) is 29.3 Å². The zero-order chi connectivity index (χ0) is 26.5. The van der Waals surface area contributed by atoms with Gasteiger partial charge in [0.2, 0.25) is 10.0 Å². The van der Waals surface area contributed by atoms with E-state index in [2.05, 4.69) is 4.90 Å². The van der Waals surface area contributed by atoms with E-state index in [0.29, 0.717) is 36.5 Å². The molecule has 7 nitrogen and oxygen atoms in total. The first kappa shape index (κ1) is 28.2. The number of ether oxygens (including phenoxy) is 1. The third kappa shape index (κ3) is 6.51. The zero-order valence-corrected chi connectivity index (χ0v) is 24.2. The lowest BCUT2D eigenvalue weighted by Crippen LogP contribution is -2.55. The van der Waals surface area contributed by atoms with Crippen molar-refractivity contribution in [1.82, 2.24) is 14.1 Å². The number of hydrogen-bond donors (Lipinski definition) is 0. The molecule has 1 aromatic carbocycles. The standard InChI is InChI=1S/C29H44ClN3O4S/c30-24-12-14-27(15-13-24)38(35,36)33-26(10-7-11-28(33)23-8-3-1-4-9-23)22-37-29(34)32-20-16-25(17-21-32)31-18-5-2-6-19-31/h12-15,23,25-26,28H,1-11,16-22H2/t26-,28+/m1/s1. The summed E-state index contributed by atoms with van der Waals surface area (Å²) in [5.41, 5.74) is 0. The molecule has 2 atom stereocenters. The highest BCUT2D eigenvalue weighted by Gasteiger charge is 2.44. The SMILES string of the molecule is O=C(OC[C@H]1CCC[C@@H](C2CCCCC2)N1S(=O)(=O)c1ccc(Cl)cc1)N1CCC(N2CCCCC2)CC1. The van der Waals surface area contributed by atoms with Crippen molar-refractivity contribution in [2.75, 3.05) is 32.8 Å². The van der Waals surface area contributed by atoms with Gasteiger partial charge in [-0.3, -0.25) is 0 Å². The van der Waals surface area contributed by atoms with Crippen LogP contribution in [0, 0.1) is 5.92 Å². The summed E-state index contributed by atoms with van der Waals surface area (Å²) in [6.07, 6.45) is 13.8. The van der Waals surface area contributed by atoms with Crippen molar-refractivity contribution in [3.63, 3.8) is 0 Å². The highest BCUT2D eigenvalue weighted by Crippen LogP contribution is 2.39. The Kier molecular flexibility index (Phi) is 9.55. The van der Waals surface area contributed by atoms with E-state index in [1.54, 1.807) is 28.6 Å². The number of nitrogens with zero attached hydrogens (tertiary/aromatic N) is 3. The van der Waals surface area contributed by atoms with Gasteiger partial charge in [0, 0.05) is 30.2 Å². The maximum atomic E-state index is 14.0. The van der Waals surface area contributed by atoms with Crippen molar-refractivity contribution in [3.8, 4) is 0 Å². The molecule has 5 rings (SSSR count). The summed E-state index contributed by atoms with van der Waals surface area (Å²) in [5, 5.41) is 0.515. The van der Waals surface area contributed by atoms with Gasteiger partial charge in [0.05, 0.1) is 10.9 Å². The van der Waals surface area contributed by atoms with Crippen molar-refractivity contribution in [2.24, 2.45) is 5.92 Å². The molecule has 0 bridgehead atoms. The molecule has 1 saturated carbocycles. The second kappa shape index (κ2) is 12.9. The van der Waals surface area contributed by atoms with E-state index in [1.165, 1.54) is 38.8 Å². The maximum absolute atomic E-state index is 14.0. The minimum absolute atomic E-state index is 0.0475. The Morgan fingerprint density at radius 2 is 1.47 bits per heavy atom. The summed E-state index contributed by atoms with van der Waals surface area (Å²) in [6.45, 7) is 3.89. The molecule has 9 heteroatoms. The predicted octanol–water partition coefficient (Wildman–Crippen LogP) is 5.92. The Bertz CT molecular complexity index is 1020. The molecule has 4 aliphatic rings. The molecule has 1 amide bonds. The van der Waals surface area contributed by atoms with E-state index >= 15 is 0 Å². The average Bonchev–Trinajstić information content (AvgIpc) is 2.97. The second-order valence-electron chi connectivity index (χ2n) is 11.7. The first-order chi connectivity index (χ1) is 18.4. The van der Waals surface area contributed by atoms with Gasteiger partial charge in [0.1, 0.15) is 6.61 Å². The van der Waals surface area contributed by atoms with Gasteiger partial charge < -0.3 is 14.5 Å². The average molecular weight is 566 g/mol. The number of rotatable bonds is 6. The number of likely N-dealkylation sites (tertiary alicyclic amines) is 2. The van der Waals surface area contributed by atoms with E-state index < -0.39 is 10.0 Å². The number of carbonyl (C=O) groups excluding carboxylic acids is 1. The van der Waals surface area contributed by atoms with Crippen molar-refractivity contribution < 1.29 is 17.9 Å². The smallest absolute Gasteiger partial charge is 0.409 e. The molecule has 212 valence electrons. The topological polar surface area (TPSA) is 70.2 Å². The van der Waals surface area contributed by atoms with Crippen LogP contribution in [0.4, 0.5) is 4.79 Å². The second-order valence-corrected chi connectivity index (χ2v) is 14.0. The largest absolute Gasteiger partial charge is 0.448 e. The summed E-state index contributed by atoms with van der Waals surface area (Å²) >= 11 is 6.06. The Hall–Kier alpha value is -1.35. The molecule has 38 heavy (non-hydrogen) atoms. The van der Waals surface area contributed by atoms with Crippen LogP contribution in [0.25, 0.3) is 0 Å². The first-order valence-electron chi connectivity index (χ1n) is 14.9. The number of hydrogen-bond acceptors (Lipinski definition) is 5. The molecule has 4 fully saturated rings. The van der Waals surface area contributed by atoms with Crippen LogP contribution >= 0.6 is 11.6 Å². The van der Waals surface area contributed by atoms with Crippen molar-refractivity contribution in [2.45, 2.75) is 106 Å². The lowest BCUT2D eigenvalue weighted by molar-refractivity contribution is 0.0348. The highest BCUT2D eigenvalue weighted by atomic mass is 35.5. The summed E-state index contributed by atoms with van der Waals surface area (Å²) < 4.78 is 35.6. The molecular weight excluding hydrogens is 522 g/mol. The fourth-order valence-corrected chi connectivity index (χ4v) is 9.31. The maximum Gasteiger partial charge on any atom is 0.409 e. The van der Waals surface area contributed by atoms with Crippen LogP contribution in [0.2, 0.25) is 5.02 Å². The Balaban J connectivity index is 1.25. The van der Waals surface area contributed by atoms with Crippen LogP contribution in [0.1, 0.15) is 83.5 Å². The molecular formula is C29H44ClN3O4S. The molecule has 3 saturated heterocycles. The van der Waals surface area contributed by atoms with Gasteiger partial charge in [-0.1, -0.05) is 43.7 Å². The van der Waals surface area contributed by atoms with Crippen LogP contribution in [0.15, 0.2) is 29.2 Å². The molecule has 3 heterocycles. The summed E-state index contributed by atoms with van der Waals surface area (Å²) in [6, 6.07) is 6.64. The normalized spacial score (nSPS) is 27.3. The van der Waals surface area contributed by atoms with E-state index in [1.807, 2.05) is 4.90 Å². The third-order valence-corrected chi connectivity index (χ3v) is 11.6. The monoisotopic (exact) mass is 565 g/mol. The van der Waals surface area contributed by atoms with Gasteiger partial charge in [-0.25, -0.2) is 13.2 Å². The van der Waals surface area contributed by atoms with Crippen LogP contribution in [-0.4, -0.2) is 79.5 Å². The third-order valence-electron chi connectivity index (χ3n) is 9.34. The fraction of sp³-hybridized carbons (Fsp3) is 0.759. The molecule has 0 radical (unpaired) electrons. The molecule has 0 spiro atoms. The number of sulfonamides is 1. The van der Waals surface area contributed by atoms with Gasteiger partial charge in [0.15, 0.2) is 0 Å². The fourth-order valence-electron chi connectivity index (χ4n) is 7.27. The lowest BCUT2D eigenvalue weighted by atomic mass is 9.80. The quantitative estimate of drug-likeness (QED) is 0.428. The summed E-state index contributed by atoms with van der Waals surface area (Å²) in [5.74, 6) is 0.359. The van der Waals surface area contributed by atoms with E-state index in [4.69, 9.17) is 16.3 Å². The molecule has 1 aromatic rings. The Morgan fingerprint density at radius 1 is 0.816 bits per heavy atom. The predicted molar refractivity (Wildman–Crippen MR) is 150 cm³/mol. The Morgan fingerprint density at radius 3 is 2.16 bits per heavy atom. The molecule has 1 aliphatic carbocycles. The van der Waals surface area contributed by atoms with Crippen LogP contribution in [0.3, 0.4) is 0 Å². The number of carbonyl (C=O) groups is 1. The minimum atomic E-state index is -3.75. The molecule has 0 aromatic heterocycles. The van der Waals surface area contributed by atoms with Gasteiger partial charge in [-0.2, -0.15) is 4.31 Å². The zero-order valence-electron chi connectivity index (χ0n) is 22.6. The number of benzene rings is 1. The van der Waals surface area contributed by atoms with Gasteiger partial charge in [-0.05, 0) is 94.6 Å². The summed E-state index contributed by atoms with van der Waals surface area (Å²) in [7, 11) is -3.75. The molecule has 0 N–H and O–H groups in total. The molecule has 0 unspecified atom stereocenters. The summed E-state index contributed by atoms with van der Waals surface area (Å²) in [4.78, 5) is 17.8.